The second kappa shape index (κ2) is 13.0. The average Bonchev–Trinajstić information content (AvgIpc) is 2.76. The zero-order valence-electron chi connectivity index (χ0n) is 19.3. The number of carbonyl (C=O) groups is 1. The van der Waals surface area contributed by atoms with Gasteiger partial charge in [0.15, 0.2) is 17.3 Å². The van der Waals surface area contributed by atoms with Crippen LogP contribution in [0.15, 0.2) is 60.2 Å². The molecule has 0 aliphatic carbocycles. The lowest BCUT2D eigenvalue weighted by Gasteiger charge is -2.15. The molecule has 0 saturated carbocycles. The van der Waals surface area contributed by atoms with Gasteiger partial charge in [0.05, 0.1) is 7.11 Å². The van der Waals surface area contributed by atoms with Gasteiger partial charge in [0.25, 0.3) is 0 Å². The van der Waals surface area contributed by atoms with Gasteiger partial charge in [0.2, 0.25) is 0 Å². The fraction of sp³-hybridized carbons (Fsp3) is 0.444. The Morgan fingerprint density at radius 1 is 1.03 bits per heavy atom. The summed E-state index contributed by atoms with van der Waals surface area (Å²) in [6, 6.07) is 15.5. The summed E-state index contributed by atoms with van der Waals surface area (Å²) in [6.07, 6.45) is 4.84. The van der Waals surface area contributed by atoms with Gasteiger partial charge in [0, 0.05) is 12.8 Å². The maximum absolute atomic E-state index is 12.4. The molecule has 4 nitrogen and oxygen atoms in total. The summed E-state index contributed by atoms with van der Waals surface area (Å²) in [5.74, 6) is 1.60. The number of benzene rings is 2. The van der Waals surface area contributed by atoms with Crippen molar-refractivity contribution in [1.29, 1.82) is 0 Å². The second-order valence-electron chi connectivity index (χ2n) is 8.45. The molecule has 0 aromatic heterocycles. The lowest BCUT2D eigenvalue weighted by atomic mass is 9.95. The SMILES string of the molecule is COc1cc(CC(O)C(=O)CC[C@@H](C)CCC=C(C)C)ccc1OCc1ccccc1. The first-order valence-corrected chi connectivity index (χ1v) is 11.1. The molecule has 0 amide bonds. The number of rotatable bonds is 13. The number of hydrogen-bond donors (Lipinski definition) is 1. The summed E-state index contributed by atoms with van der Waals surface area (Å²) in [7, 11) is 1.59. The van der Waals surface area contributed by atoms with Gasteiger partial charge in [-0.1, -0.05) is 55.0 Å². The molecular weight excluding hydrogens is 388 g/mol. The van der Waals surface area contributed by atoms with Crippen molar-refractivity contribution in [3.63, 3.8) is 0 Å². The maximum Gasteiger partial charge on any atom is 0.161 e. The van der Waals surface area contributed by atoms with E-state index in [0.29, 0.717) is 30.4 Å². The Bertz CT molecular complexity index is 838. The highest BCUT2D eigenvalue weighted by molar-refractivity contribution is 5.83. The Morgan fingerprint density at radius 2 is 1.77 bits per heavy atom. The summed E-state index contributed by atoms with van der Waals surface area (Å²) in [6.45, 7) is 6.81. The molecule has 31 heavy (non-hydrogen) atoms. The van der Waals surface area contributed by atoms with Gasteiger partial charge < -0.3 is 14.6 Å². The molecule has 0 radical (unpaired) electrons. The molecule has 0 saturated heterocycles. The monoisotopic (exact) mass is 424 g/mol. The molecule has 0 aliphatic heterocycles. The van der Waals surface area contributed by atoms with E-state index < -0.39 is 6.10 Å². The summed E-state index contributed by atoms with van der Waals surface area (Å²) in [5, 5.41) is 10.4. The number of aliphatic hydroxyl groups is 1. The van der Waals surface area contributed by atoms with Gasteiger partial charge >= 0.3 is 0 Å². The Balaban J connectivity index is 1.85. The lowest BCUT2D eigenvalue weighted by molar-refractivity contribution is -0.127. The topological polar surface area (TPSA) is 55.8 Å². The molecule has 1 unspecified atom stereocenters. The van der Waals surface area contributed by atoms with E-state index in [9.17, 15) is 9.90 Å². The Kier molecular flexibility index (Phi) is 10.3. The third kappa shape index (κ3) is 8.97. The van der Waals surface area contributed by atoms with Gasteiger partial charge in [-0.3, -0.25) is 4.79 Å². The summed E-state index contributed by atoms with van der Waals surface area (Å²) in [4.78, 5) is 12.4. The Hall–Kier alpha value is -2.59. The summed E-state index contributed by atoms with van der Waals surface area (Å²) >= 11 is 0. The van der Waals surface area contributed by atoms with Crippen LogP contribution in [0.3, 0.4) is 0 Å². The van der Waals surface area contributed by atoms with E-state index in [2.05, 4.69) is 26.8 Å². The number of allylic oxidation sites excluding steroid dienone is 2. The standard InChI is InChI=1S/C27H36O4/c1-20(2)9-8-10-21(3)13-15-24(28)25(29)17-23-14-16-26(27(18-23)30-4)31-19-22-11-6-5-7-12-22/h5-7,9,11-12,14,16,18,21,25,29H,8,10,13,15,17,19H2,1-4H3/t21-,25?/m0/s1. The fourth-order valence-electron chi connectivity index (χ4n) is 3.39. The summed E-state index contributed by atoms with van der Waals surface area (Å²) in [5.41, 5.74) is 3.25. The van der Waals surface area contributed by atoms with Crippen LogP contribution in [0.1, 0.15) is 57.6 Å². The van der Waals surface area contributed by atoms with E-state index >= 15 is 0 Å². The predicted molar refractivity (Wildman–Crippen MR) is 126 cm³/mol. The first-order valence-electron chi connectivity index (χ1n) is 11.1. The van der Waals surface area contributed by atoms with E-state index in [-0.39, 0.29) is 12.2 Å². The smallest absolute Gasteiger partial charge is 0.161 e. The zero-order valence-corrected chi connectivity index (χ0v) is 19.3. The second-order valence-corrected chi connectivity index (χ2v) is 8.45. The van der Waals surface area contributed by atoms with Crippen molar-refractivity contribution in [2.75, 3.05) is 7.11 Å². The normalized spacial score (nSPS) is 12.7. The van der Waals surface area contributed by atoms with E-state index in [1.54, 1.807) is 7.11 Å². The van der Waals surface area contributed by atoms with E-state index in [1.807, 2.05) is 48.5 Å². The first-order chi connectivity index (χ1) is 14.9. The Morgan fingerprint density at radius 3 is 2.45 bits per heavy atom. The number of ketones is 1. The number of Topliss-reactive ketones (excluding diaryl/α,β-unsaturated/α-hetero) is 1. The number of hydrogen-bond acceptors (Lipinski definition) is 4. The minimum atomic E-state index is -0.995. The molecular formula is C27H36O4. The van der Waals surface area contributed by atoms with Gasteiger partial charge in [-0.2, -0.15) is 0 Å². The van der Waals surface area contributed by atoms with E-state index in [4.69, 9.17) is 9.47 Å². The van der Waals surface area contributed by atoms with Gasteiger partial charge in [-0.25, -0.2) is 0 Å². The minimum absolute atomic E-state index is 0.0996. The van der Waals surface area contributed by atoms with Crippen molar-refractivity contribution in [2.24, 2.45) is 5.92 Å². The minimum Gasteiger partial charge on any atom is -0.493 e. The molecule has 0 spiro atoms. The van der Waals surface area contributed by atoms with Crippen molar-refractivity contribution in [3.05, 3.63) is 71.3 Å². The molecule has 0 heterocycles. The van der Waals surface area contributed by atoms with Crippen molar-refractivity contribution >= 4 is 5.78 Å². The number of methoxy groups -OCH3 is 1. The van der Waals surface area contributed by atoms with Crippen LogP contribution in [0.25, 0.3) is 0 Å². The molecule has 1 N–H and O–H groups in total. The average molecular weight is 425 g/mol. The highest BCUT2D eigenvalue weighted by atomic mass is 16.5. The van der Waals surface area contributed by atoms with Crippen LogP contribution in [0.2, 0.25) is 0 Å². The molecule has 2 atom stereocenters. The van der Waals surface area contributed by atoms with Crippen LogP contribution in [0.5, 0.6) is 11.5 Å². The zero-order chi connectivity index (χ0) is 22.6. The fourth-order valence-corrected chi connectivity index (χ4v) is 3.39. The quantitative estimate of drug-likeness (QED) is 0.406. The molecule has 2 aromatic rings. The molecule has 2 aromatic carbocycles. The molecule has 4 heteroatoms. The largest absolute Gasteiger partial charge is 0.493 e. The highest BCUT2D eigenvalue weighted by Gasteiger charge is 2.18. The van der Waals surface area contributed by atoms with Gasteiger partial charge in [-0.05, 0) is 62.3 Å². The van der Waals surface area contributed by atoms with Crippen LogP contribution in [0.4, 0.5) is 0 Å². The van der Waals surface area contributed by atoms with Crippen LogP contribution in [0, 0.1) is 5.92 Å². The van der Waals surface area contributed by atoms with Crippen LogP contribution < -0.4 is 9.47 Å². The van der Waals surface area contributed by atoms with E-state index in [0.717, 1.165) is 30.4 Å². The molecule has 0 aliphatic rings. The van der Waals surface area contributed by atoms with E-state index in [1.165, 1.54) is 5.57 Å². The molecule has 2 rings (SSSR count). The third-order valence-electron chi connectivity index (χ3n) is 5.36. The molecule has 168 valence electrons. The summed E-state index contributed by atoms with van der Waals surface area (Å²) < 4.78 is 11.3. The molecule has 0 bridgehead atoms. The van der Waals surface area contributed by atoms with Crippen molar-refractivity contribution in [1.82, 2.24) is 0 Å². The number of aliphatic hydroxyl groups excluding tert-OH is 1. The third-order valence-corrected chi connectivity index (χ3v) is 5.36. The van der Waals surface area contributed by atoms with Gasteiger partial charge in [-0.15, -0.1) is 0 Å². The lowest BCUT2D eigenvalue weighted by Crippen LogP contribution is -2.23. The predicted octanol–water partition coefficient (Wildman–Crippen LogP) is 5.91. The van der Waals surface area contributed by atoms with Crippen molar-refractivity contribution in [2.45, 2.75) is 65.6 Å². The number of carbonyl (C=O) groups excluding carboxylic acids is 1. The van der Waals surface area contributed by atoms with Crippen LogP contribution in [-0.2, 0) is 17.8 Å². The maximum atomic E-state index is 12.4. The first kappa shape index (κ1) is 24.7. The molecule has 0 fully saturated rings. The number of ether oxygens (including phenoxy) is 2. The Labute approximate surface area is 186 Å². The van der Waals surface area contributed by atoms with Crippen LogP contribution in [-0.4, -0.2) is 24.1 Å². The highest BCUT2D eigenvalue weighted by Crippen LogP contribution is 2.29. The van der Waals surface area contributed by atoms with Crippen LogP contribution >= 0.6 is 0 Å². The van der Waals surface area contributed by atoms with Crippen molar-refractivity contribution in [3.8, 4) is 11.5 Å². The van der Waals surface area contributed by atoms with Crippen molar-refractivity contribution < 1.29 is 19.4 Å². The van der Waals surface area contributed by atoms with Gasteiger partial charge in [0.1, 0.15) is 12.7 Å².